The van der Waals surface area contributed by atoms with Gasteiger partial charge in [-0.1, -0.05) is 0 Å². The minimum absolute atomic E-state index is 0.163. The molecule has 19 heavy (non-hydrogen) atoms. The lowest BCUT2D eigenvalue weighted by molar-refractivity contribution is 0.0761. The van der Waals surface area contributed by atoms with Gasteiger partial charge in [0.1, 0.15) is 17.5 Å². The van der Waals surface area contributed by atoms with Crippen molar-refractivity contribution < 1.29 is 14.3 Å². The highest BCUT2D eigenvalue weighted by atomic mass is 16.5. The molecule has 1 fully saturated rings. The molecule has 1 aromatic carbocycles. The second-order valence-corrected chi connectivity index (χ2v) is 4.35. The zero-order valence-electron chi connectivity index (χ0n) is 11.0. The van der Waals surface area contributed by atoms with Crippen molar-refractivity contribution >= 4 is 5.91 Å². The molecule has 1 aliphatic rings. The third kappa shape index (κ3) is 2.48. The Morgan fingerprint density at radius 3 is 2.84 bits per heavy atom. The van der Waals surface area contributed by atoms with Crippen molar-refractivity contribution in [3.05, 3.63) is 23.8 Å². The van der Waals surface area contributed by atoms with E-state index in [1.54, 1.807) is 30.2 Å². The van der Waals surface area contributed by atoms with Crippen LogP contribution in [0.2, 0.25) is 0 Å². The monoisotopic (exact) mass is 260 g/mol. The number of ether oxygens (including phenoxy) is 2. The first-order valence-corrected chi connectivity index (χ1v) is 6.14. The Labute approximate surface area is 112 Å². The fourth-order valence-electron chi connectivity index (χ4n) is 2.27. The topological polar surface area (TPSA) is 62.6 Å². The molecule has 1 heterocycles. The van der Waals surface area contributed by atoms with Gasteiger partial charge in [0.25, 0.3) is 5.91 Å². The molecule has 1 aromatic rings. The minimum Gasteiger partial charge on any atom is -0.497 e. The van der Waals surface area contributed by atoms with Gasteiger partial charge >= 0.3 is 0 Å². The van der Waals surface area contributed by atoms with Crippen LogP contribution in [0.5, 0.6) is 11.5 Å². The van der Waals surface area contributed by atoms with E-state index in [-0.39, 0.29) is 11.9 Å². The number of benzene rings is 1. The highest BCUT2D eigenvalue weighted by Gasteiger charge is 2.30. The molecule has 5 nitrogen and oxygen atoms in total. The maximum absolute atomic E-state index is 12.4. The number of hydrogen-bond donors (Lipinski definition) is 0. The molecule has 1 unspecified atom stereocenters. The van der Waals surface area contributed by atoms with Gasteiger partial charge in [0, 0.05) is 12.6 Å². The van der Waals surface area contributed by atoms with E-state index in [2.05, 4.69) is 6.07 Å². The van der Waals surface area contributed by atoms with Gasteiger partial charge in [-0.2, -0.15) is 5.26 Å². The van der Waals surface area contributed by atoms with Crippen molar-refractivity contribution in [3.63, 3.8) is 0 Å². The summed E-state index contributed by atoms with van der Waals surface area (Å²) in [7, 11) is 3.07. The molecule has 0 bridgehead atoms. The largest absolute Gasteiger partial charge is 0.497 e. The molecule has 0 spiro atoms. The van der Waals surface area contributed by atoms with Gasteiger partial charge in [0.15, 0.2) is 0 Å². The Morgan fingerprint density at radius 2 is 2.21 bits per heavy atom. The summed E-state index contributed by atoms with van der Waals surface area (Å²) >= 11 is 0. The molecule has 1 atom stereocenters. The van der Waals surface area contributed by atoms with Crippen molar-refractivity contribution in [1.29, 1.82) is 5.26 Å². The highest BCUT2D eigenvalue weighted by Crippen LogP contribution is 2.28. The molecule has 0 aliphatic carbocycles. The van der Waals surface area contributed by atoms with E-state index in [0.717, 1.165) is 12.8 Å². The van der Waals surface area contributed by atoms with Crippen LogP contribution in [0.25, 0.3) is 0 Å². The summed E-state index contributed by atoms with van der Waals surface area (Å²) in [4.78, 5) is 14.1. The third-order valence-corrected chi connectivity index (χ3v) is 3.30. The molecule has 0 radical (unpaired) electrons. The van der Waals surface area contributed by atoms with E-state index in [4.69, 9.17) is 14.7 Å². The Hall–Kier alpha value is -2.22. The summed E-state index contributed by atoms with van der Waals surface area (Å²) in [6.07, 6.45) is 1.60. The molecule has 100 valence electrons. The molecular formula is C14H16N2O3. The number of hydrogen-bond acceptors (Lipinski definition) is 4. The Morgan fingerprint density at radius 1 is 1.42 bits per heavy atom. The summed E-state index contributed by atoms with van der Waals surface area (Å²) in [6.45, 7) is 0.617. The number of nitrogens with zero attached hydrogens (tertiary/aromatic N) is 2. The first kappa shape index (κ1) is 13.2. The Bertz CT molecular complexity index is 522. The van der Waals surface area contributed by atoms with E-state index < -0.39 is 0 Å². The van der Waals surface area contributed by atoms with Gasteiger partial charge in [0.2, 0.25) is 0 Å². The molecule has 0 saturated carbocycles. The van der Waals surface area contributed by atoms with Gasteiger partial charge in [0.05, 0.1) is 25.9 Å². The normalized spacial score (nSPS) is 17.9. The van der Waals surface area contributed by atoms with Gasteiger partial charge in [-0.25, -0.2) is 0 Å². The van der Waals surface area contributed by atoms with Crippen LogP contribution in [0, 0.1) is 11.3 Å². The van der Waals surface area contributed by atoms with E-state index >= 15 is 0 Å². The van der Waals surface area contributed by atoms with Gasteiger partial charge < -0.3 is 14.4 Å². The Kier molecular flexibility index (Phi) is 3.91. The van der Waals surface area contributed by atoms with Crippen LogP contribution in [0.1, 0.15) is 23.2 Å². The van der Waals surface area contributed by atoms with E-state index in [1.807, 2.05) is 0 Å². The van der Waals surface area contributed by atoms with Gasteiger partial charge in [-0.3, -0.25) is 4.79 Å². The van der Waals surface area contributed by atoms with Crippen LogP contribution in [-0.2, 0) is 0 Å². The standard InChI is InChI=1S/C14H16N2O3/c1-18-11-5-6-12(13(8-11)19-2)14(17)16-7-3-4-10(16)9-15/h5-6,8,10H,3-4,7H2,1-2H3. The van der Waals surface area contributed by atoms with E-state index in [0.29, 0.717) is 23.6 Å². The van der Waals surface area contributed by atoms with Crippen LogP contribution >= 0.6 is 0 Å². The zero-order valence-corrected chi connectivity index (χ0v) is 11.0. The van der Waals surface area contributed by atoms with Crippen molar-refractivity contribution in [1.82, 2.24) is 4.90 Å². The summed E-state index contributed by atoms with van der Waals surface area (Å²) in [5.74, 6) is 0.933. The number of carbonyl (C=O) groups is 1. The quantitative estimate of drug-likeness (QED) is 0.831. The van der Waals surface area contributed by atoms with Crippen LogP contribution < -0.4 is 9.47 Å². The predicted octanol–water partition coefficient (Wildman–Crippen LogP) is 1.83. The summed E-state index contributed by atoms with van der Waals surface area (Å²) < 4.78 is 10.3. The van der Waals surface area contributed by atoms with Crippen LogP contribution in [0.4, 0.5) is 0 Å². The van der Waals surface area contributed by atoms with Crippen LogP contribution in [0.15, 0.2) is 18.2 Å². The van der Waals surface area contributed by atoms with E-state index in [9.17, 15) is 4.79 Å². The molecule has 5 heteroatoms. The zero-order chi connectivity index (χ0) is 13.8. The fraction of sp³-hybridized carbons (Fsp3) is 0.429. The van der Waals surface area contributed by atoms with Crippen molar-refractivity contribution in [2.24, 2.45) is 0 Å². The smallest absolute Gasteiger partial charge is 0.258 e. The second-order valence-electron chi connectivity index (χ2n) is 4.35. The summed E-state index contributed by atoms with van der Waals surface area (Å²) in [5.41, 5.74) is 0.463. The summed E-state index contributed by atoms with van der Waals surface area (Å²) in [6, 6.07) is 6.89. The third-order valence-electron chi connectivity index (χ3n) is 3.30. The molecule has 1 amide bonds. The number of amides is 1. The number of methoxy groups -OCH3 is 2. The lowest BCUT2D eigenvalue weighted by Gasteiger charge is -2.20. The molecule has 1 saturated heterocycles. The van der Waals surface area contributed by atoms with Crippen molar-refractivity contribution in [2.75, 3.05) is 20.8 Å². The first-order valence-electron chi connectivity index (χ1n) is 6.14. The maximum Gasteiger partial charge on any atom is 0.258 e. The SMILES string of the molecule is COc1ccc(C(=O)N2CCCC2C#N)c(OC)c1. The number of nitriles is 1. The lowest BCUT2D eigenvalue weighted by atomic mass is 10.1. The average Bonchev–Trinajstić information content (AvgIpc) is 2.94. The van der Waals surface area contributed by atoms with Gasteiger partial charge in [-0.15, -0.1) is 0 Å². The number of rotatable bonds is 3. The van der Waals surface area contributed by atoms with E-state index in [1.165, 1.54) is 7.11 Å². The number of carbonyl (C=O) groups excluding carboxylic acids is 1. The Balaban J connectivity index is 2.31. The minimum atomic E-state index is -0.334. The van der Waals surface area contributed by atoms with Gasteiger partial charge in [-0.05, 0) is 25.0 Å². The molecule has 2 rings (SSSR count). The number of likely N-dealkylation sites (tertiary alicyclic amines) is 1. The second kappa shape index (κ2) is 5.61. The van der Waals surface area contributed by atoms with Crippen LogP contribution in [-0.4, -0.2) is 37.6 Å². The predicted molar refractivity (Wildman–Crippen MR) is 69.2 cm³/mol. The molecule has 0 aromatic heterocycles. The molecular weight excluding hydrogens is 244 g/mol. The van der Waals surface area contributed by atoms with Crippen LogP contribution in [0.3, 0.4) is 0 Å². The maximum atomic E-state index is 12.4. The van der Waals surface area contributed by atoms with Crippen molar-refractivity contribution in [2.45, 2.75) is 18.9 Å². The summed E-state index contributed by atoms with van der Waals surface area (Å²) in [5, 5.41) is 9.05. The first-order chi connectivity index (χ1) is 9.21. The highest BCUT2D eigenvalue weighted by molar-refractivity contribution is 5.97. The van der Waals surface area contributed by atoms with Crippen molar-refractivity contribution in [3.8, 4) is 17.6 Å². The molecule has 0 N–H and O–H groups in total. The molecule has 1 aliphatic heterocycles. The lowest BCUT2D eigenvalue weighted by Crippen LogP contribution is -2.34. The fourth-order valence-corrected chi connectivity index (χ4v) is 2.27. The average molecular weight is 260 g/mol.